The second kappa shape index (κ2) is 6.58. The van der Waals surface area contributed by atoms with Crippen LogP contribution in [0, 0.1) is 0 Å². The van der Waals surface area contributed by atoms with Crippen molar-refractivity contribution in [2.45, 2.75) is 26.4 Å². The molecule has 1 rings (SSSR count). The van der Waals surface area contributed by atoms with E-state index in [4.69, 9.17) is 4.52 Å². The molecule has 1 aromatic carbocycles. The second-order valence-corrected chi connectivity index (χ2v) is 5.52. The summed E-state index contributed by atoms with van der Waals surface area (Å²) in [6.45, 7) is 4.17. The molecule has 0 heterocycles. The van der Waals surface area contributed by atoms with Gasteiger partial charge in [-0.05, 0) is 24.5 Å². The molecule has 17 heavy (non-hydrogen) atoms. The van der Waals surface area contributed by atoms with Crippen molar-refractivity contribution in [1.29, 1.82) is 0 Å². The highest BCUT2D eigenvalue weighted by Gasteiger charge is 2.26. The maximum absolute atomic E-state index is 12.2. The van der Waals surface area contributed by atoms with Gasteiger partial charge in [0.1, 0.15) is 0 Å². The summed E-state index contributed by atoms with van der Waals surface area (Å²) in [5.41, 5.74) is 1.98. The van der Waals surface area contributed by atoms with E-state index in [9.17, 15) is 9.36 Å². The molecule has 94 valence electrons. The number of hydrogen-bond acceptors (Lipinski definition) is 4. The van der Waals surface area contributed by atoms with E-state index >= 15 is 0 Å². The van der Waals surface area contributed by atoms with Gasteiger partial charge in [-0.2, -0.15) is 0 Å². The zero-order valence-electron chi connectivity index (χ0n) is 10.1. The predicted molar refractivity (Wildman–Crippen MR) is 65.9 cm³/mol. The fourth-order valence-electron chi connectivity index (χ4n) is 1.64. The van der Waals surface area contributed by atoms with Crippen LogP contribution in [0.1, 0.15) is 25.0 Å². The summed E-state index contributed by atoms with van der Waals surface area (Å²) in [4.78, 5) is 10.4. The molecule has 0 aliphatic heterocycles. The fraction of sp³-hybridized carbons (Fsp3) is 0.417. The number of aryl methyl sites for hydroxylation is 1. The van der Waals surface area contributed by atoms with Gasteiger partial charge in [-0.15, -0.1) is 0 Å². The van der Waals surface area contributed by atoms with E-state index in [0.717, 1.165) is 17.5 Å². The van der Waals surface area contributed by atoms with Crippen LogP contribution >= 0.6 is 7.60 Å². The molecule has 0 saturated carbocycles. The first-order valence-electron chi connectivity index (χ1n) is 5.57. The van der Waals surface area contributed by atoms with Crippen LogP contribution in [0.15, 0.2) is 24.3 Å². The summed E-state index contributed by atoms with van der Waals surface area (Å²) in [5, 5.41) is 0. The maximum atomic E-state index is 12.2. The van der Waals surface area contributed by atoms with Crippen molar-refractivity contribution >= 4 is 14.1 Å². The van der Waals surface area contributed by atoms with E-state index in [1.54, 1.807) is 6.92 Å². The Kier molecular flexibility index (Phi) is 5.39. The van der Waals surface area contributed by atoms with Crippen LogP contribution in [-0.4, -0.2) is 13.1 Å². The van der Waals surface area contributed by atoms with Gasteiger partial charge in [0.25, 0.3) is 6.47 Å². The van der Waals surface area contributed by atoms with Gasteiger partial charge in [0.05, 0.1) is 12.8 Å². The van der Waals surface area contributed by atoms with E-state index in [1.807, 2.05) is 31.2 Å². The molecule has 0 saturated heterocycles. The molecule has 0 fully saturated rings. The number of carbonyl (C=O) groups excluding carboxylic acids is 1. The Hall–Kier alpha value is -1.12. The van der Waals surface area contributed by atoms with E-state index in [0.29, 0.717) is 0 Å². The van der Waals surface area contributed by atoms with Crippen LogP contribution in [0.2, 0.25) is 0 Å². The molecule has 1 atom stereocenters. The van der Waals surface area contributed by atoms with Crippen molar-refractivity contribution in [1.82, 2.24) is 0 Å². The Bertz CT molecular complexity index is 417. The van der Waals surface area contributed by atoms with Gasteiger partial charge in [-0.25, -0.2) is 4.57 Å². The lowest BCUT2D eigenvalue weighted by atomic mass is 10.1. The average Bonchev–Trinajstić information content (AvgIpc) is 2.30. The molecule has 4 nitrogen and oxygen atoms in total. The first-order chi connectivity index (χ1) is 8.15. The smallest absolute Gasteiger partial charge is 0.385 e. The summed E-state index contributed by atoms with van der Waals surface area (Å²) in [6.07, 6.45) is 0.965. The summed E-state index contributed by atoms with van der Waals surface area (Å²) < 4.78 is 21.9. The highest BCUT2D eigenvalue weighted by molar-refractivity contribution is 7.53. The Labute approximate surface area is 101 Å². The SMILES string of the molecule is CCOP(=O)(Cc1ccccc1CC)OC=O. The molecule has 5 heteroatoms. The van der Waals surface area contributed by atoms with Gasteiger partial charge < -0.3 is 4.52 Å². The zero-order chi connectivity index (χ0) is 12.7. The number of carbonyl (C=O) groups is 1. The second-order valence-electron chi connectivity index (χ2n) is 3.51. The van der Waals surface area contributed by atoms with Gasteiger partial charge in [-0.3, -0.25) is 9.32 Å². The molecule has 0 bridgehead atoms. The summed E-state index contributed by atoms with van der Waals surface area (Å²) in [6, 6.07) is 7.63. The minimum absolute atomic E-state index is 0.129. The third-order valence-corrected chi connectivity index (χ3v) is 4.18. The first kappa shape index (κ1) is 13.9. The molecule has 0 aromatic heterocycles. The molecule has 0 radical (unpaired) electrons. The Balaban J connectivity index is 2.93. The van der Waals surface area contributed by atoms with E-state index in [1.165, 1.54) is 0 Å². The van der Waals surface area contributed by atoms with E-state index in [-0.39, 0.29) is 19.2 Å². The molecule has 0 spiro atoms. The maximum Gasteiger partial charge on any atom is 0.385 e. The quantitative estimate of drug-likeness (QED) is 0.555. The van der Waals surface area contributed by atoms with Crippen molar-refractivity contribution in [3.63, 3.8) is 0 Å². The third-order valence-electron chi connectivity index (χ3n) is 2.39. The molecular formula is C12H17O4P. The summed E-state index contributed by atoms with van der Waals surface area (Å²) in [7, 11) is -3.35. The zero-order valence-corrected chi connectivity index (χ0v) is 11.0. The lowest BCUT2D eigenvalue weighted by Gasteiger charge is -2.16. The molecule has 0 amide bonds. The van der Waals surface area contributed by atoms with E-state index < -0.39 is 7.60 Å². The Morgan fingerprint density at radius 3 is 2.41 bits per heavy atom. The monoisotopic (exact) mass is 256 g/mol. The molecule has 0 aliphatic rings. The van der Waals surface area contributed by atoms with Crippen molar-refractivity contribution in [2.75, 3.05) is 6.61 Å². The Morgan fingerprint density at radius 1 is 1.24 bits per heavy atom. The summed E-state index contributed by atoms with van der Waals surface area (Å²) >= 11 is 0. The molecule has 0 aliphatic carbocycles. The normalized spacial score (nSPS) is 14.0. The number of benzene rings is 1. The van der Waals surface area contributed by atoms with Gasteiger partial charge >= 0.3 is 7.60 Å². The van der Waals surface area contributed by atoms with Crippen molar-refractivity contribution in [2.24, 2.45) is 0 Å². The van der Waals surface area contributed by atoms with E-state index in [2.05, 4.69) is 4.52 Å². The van der Waals surface area contributed by atoms with Crippen molar-refractivity contribution in [3.05, 3.63) is 35.4 Å². The largest absolute Gasteiger partial charge is 0.394 e. The fourth-order valence-corrected chi connectivity index (χ4v) is 3.12. The summed E-state index contributed by atoms with van der Waals surface area (Å²) in [5.74, 6) is 0. The van der Waals surface area contributed by atoms with Crippen LogP contribution in [0.5, 0.6) is 0 Å². The molecule has 1 unspecified atom stereocenters. The lowest BCUT2D eigenvalue weighted by Crippen LogP contribution is -2.00. The number of rotatable bonds is 7. The minimum Gasteiger partial charge on any atom is -0.394 e. The third kappa shape index (κ3) is 3.99. The topological polar surface area (TPSA) is 52.6 Å². The van der Waals surface area contributed by atoms with Crippen molar-refractivity contribution in [3.8, 4) is 0 Å². The van der Waals surface area contributed by atoms with Crippen LogP contribution in [0.4, 0.5) is 0 Å². The average molecular weight is 256 g/mol. The molecule has 0 N–H and O–H groups in total. The van der Waals surface area contributed by atoms with Crippen LogP contribution in [0.3, 0.4) is 0 Å². The molecular weight excluding hydrogens is 239 g/mol. The van der Waals surface area contributed by atoms with Crippen LogP contribution in [0.25, 0.3) is 0 Å². The van der Waals surface area contributed by atoms with Gasteiger partial charge in [-0.1, -0.05) is 31.2 Å². The van der Waals surface area contributed by atoms with Gasteiger partial charge in [0.2, 0.25) is 0 Å². The van der Waals surface area contributed by atoms with Crippen LogP contribution < -0.4 is 0 Å². The van der Waals surface area contributed by atoms with Gasteiger partial charge in [0.15, 0.2) is 0 Å². The Morgan fingerprint density at radius 2 is 1.88 bits per heavy atom. The highest BCUT2D eigenvalue weighted by Crippen LogP contribution is 2.51. The van der Waals surface area contributed by atoms with Crippen molar-refractivity contribution < 1.29 is 18.4 Å². The predicted octanol–water partition coefficient (Wildman–Crippen LogP) is 3.15. The molecule has 1 aromatic rings. The number of hydrogen-bond donors (Lipinski definition) is 0. The standard InChI is InChI=1S/C12H17O4P/c1-3-11-7-5-6-8-12(11)9-17(14,15-4-2)16-10-13/h5-8,10H,3-4,9H2,1-2H3. The first-order valence-corrected chi connectivity index (χ1v) is 7.30. The minimum atomic E-state index is -3.35. The highest BCUT2D eigenvalue weighted by atomic mass is 31.2. The van der Waals surface area contributed by atoms with Gasteiger partial charge in [0, 0.05) is 0 Å². The van der Waals surface area contributed by atoms with Crippen LogP contribution in [-0.2, 0) is 31.0 Å². The lowest BCUT2D eigenvalue weighted by molar-refractivity contribution is -0.121.